The molecule has 2 rings (SSSR count). The van der Waals surface area contributed by atoms with E-state index in [-0.39, 0.29) is 0 Å². The molecule has 0 unspecified atom stereocenters. The number of methoxy groups -OCH3 is 2. The maximum atomic E-state index is 12.0. The Labute approximate surface area is 112 Å². The van der Waals surface area contributed by atoms with Crippen molar-refractivity contribution in [2.75, 3.05) is 14.2 Å². The second-order valence-corrected chi connectivity index (χ2v) is 3.90. The van der Waals surface area contributed by atoms with Gasteiger partial charge in [-0.25, -0.2) is 0 Å². The molecule has 4 heteroatoms. The molecule has 0 radical (unpaired) electrons. The lowest BCUT2D eigenvalue weighted by Gasteiger charge is -2.08. The van der Waals surface area contributed by atoms with Crippen LogP contribution in [0.15, 0.2) is 48.5 Å². The van der Waals surface area contributed by atoms with Crippen LogP contribution in [0.25, 0.3) is 0 Å². The van der Waals surface area contributed by atoms with Crippen LogP contribution in [-0.2, 0) is 0 Å². The number of ether oxygens (including phenoxy) is 2. The predicted molar refractivity (Wildman–Crippen MR) is 74.4 cm³/mol. The molecule has 0 amide bonds. The van der Waals surface area contributed by atoms with Crippen LogP contribution in [0, 0.1) is 5.21 Å². The Balaban J connectivity index is 2.33. The summed E-state index contributed by atoms with van der Waals surface area (Å²) in [6, 6.07) is 14.3. The van der Waals surface area contributed by atoms with Gasteiger partial charge in [0.05, 0.1) is 14.2 Å². The monoisotopic (exact) mass is 257 g/mol. The van der Waals surface area contributed by atoms with Gasteiger partial charge in [-0.1, -0.05) is 18.2 Å². The van der Waals surface area contributed by atoms with Gasteiger partial charge >= 0.3 is 0 Å². The number of para-hydroxylation sites is 1. The standard InChI is InChI=1S/C15H15NO3/c1-18-14-9-8-12(10-15(14)19-2)11-16(17)13-6-4-3-5-7-13/h3-11H,1-2H3/b16-11-. The Morgan fingerprint density at radius 1 is 0.947 bits per heavy atom. The fourth-order valence-corrected chi connectivity index (χ4v) is 1.72. The third kappa shape index (κ3) is 3.04. The summed E-state index contributed by atoms with van der Waals surface area (Å²) in [5.41, 5.74) is 1.33. The fourth-order valence-electron chi connectivity index (χ4n) is 1.72. The molecule has 0 atom stereocenters. The van der Waals surface area contributed by atoms with Crippen molar-refractivity contribution in [3.63, 3.8) is 0 Å². The molecule has 4 nitrogen and oxygen atoms in total. The number of benzene rings is 2. The number of rotatable bonds is 4. The summed E-state index contributed by atoms with van der Waals surface area (Å²) in [4.78, 5) is 0. The van der Waals surface area contributed by atoms with Crippen LogP contribution < -0.4 is 9.47 Å². The van der Waals surface area contributed by atoms with E-state index in [4.69, 9.17) is 9.47 Å². The number of nitrogens with zero attached hydrogens (tertiary/aromatic N) is 1. The van der Waals surface area contributed by atoms with Crippen LogP contribution in [-0.4, -0.2) is 25.2 Å². The van der Waals surface area contributed by atoms with Gasteiger partial charge in [-0.2, -0.15) is 4.74 Å². The first-order chi connectivity index (χ1) is 9.24. The van der Waals surface area contributed by atoms with Crippen LogP contribution in [0.5, 0.6) is 11.5 Å². The van der Waals surface area contributed by atoms with Gasteiger partial charge in [0.15, 0.2) is 17.7 Å². The summed E-state index contributed by atoms with van der Waals surface area (Å²) in [5.74, 6) is 1.23. The van der Waals surface area contributed by atoms with E-state index in [2.05, 4.69) is 0 Å². The molecular weight excluding hydrogens is 242 g/mol. The van der Waals surface area contributed by atoms with Crippen LogP contribution in [0.1, 0.15) is 5.56 Å². The maximum Gasteiger partial charge on any atom is 0.216 e. The first-order valence-electron chi connectivity index (χ1n) is 5.83. The van der Waals surface area contributed by atoms with Crippen molar-refractivity contribution < 1.29 is 14.2 Å². The minimum atomic E-state index is 0.581. The summed E-state index contributed by atoms with van der Waals surface area (Å²) in [5, 5.41) is 12.0. The van der Waals surface area contributed by atoms with Crippen LogP contribution in [0.2, 0.25) is 0 Å². The van der Waals surface area contributed by atoms with Crippen molar-refractivity contribution in [3.8, 4) is 11.5 Å². The number of hydrogen-bond acceptors (Lipinski definition) is 3. The second kappa shape index (κ2) is 5.91. The molecule has 2 aromatic rings. The van der Waals surface area contributed by atoms with Crippen molar-refractivity contribution in [2.24, 2.45) is 0 Å². The van der Waals surface area contributed by atoms with Gasteiger partial charge < -0.3 is 14.7 Å². The average molecular weight is 257 g/mol. The van der Waals surface area contributed by atoms with Gasteiger partial charge in [-0.15, -0.1) is 0 Å². The van der Waals surface area contributed by atoms with Gasteiger partial charge in [0.1, 0.15) is 0 Å². The van der Waals surface area contributed by atoms with Crippen molar-refractivity contribution >= 4 is 11.9 Å². The van der Waals surface area contributed by atoms with Gasteiger partial charge in [0, 0.05) is 17.7 Å². The van der Waals surface area contributed by atoms with Crippen molar-refractivity contribution in [1.29, 1.82) is 0 Å². The average Bonchev–Trinajstić information content (AvgIpc) is 2.48. The van der Waals surface area contributed by atoms with E-state index in [1.165, 1.54) is 6.21 Å². The maximum absolute atomic E-state index is 12.0. The normalized spacial score (nSPS) is 11.2. The quantitative estimate of drug-likeness (QED) is 0.366. The second-order valence-electron chi connectivity index (χ2n) is 3.90. The molecule has 2 aromatic carbocycles. The van der Waals surface area contributed by atoms with E-state index < -0.39 is 0 Å². The molecule has 0 aromatic heterocycles. The molecule has 0 bridgehead atoms. The van der Waals surface area contributed by atoms with Crippen molar-refractivity contribution in [3.05, 3.63) is 59.3 Å². The molecule has 0 saturated carbocycles. The highest BCUT2D eigenvalue weighted by atomic mass is 16.5. The third-order valence-corrected chi connectivity index (χ3v) is 2.68. The fraction of sp³-hybridized carbons (Fsp3) is 0.133. The molecular formula is C15H15NO3. The Hall–Kier alpha value is -2.49. The largest absolute Gasteiger partial charge is 0.618 e. The van der Waals surface area contributed by atoms with Gasteiger partial charge in [-0.05, 0) is 18.2 Å². The predicted octanol–water partition coefficient (Wildman–Crippen LogP) is 2.96. The molecule has 0 aliphatic rings. The van der Waals surface area contributed by atoms with Gasteiger partial charge in [0.2, 0.25) is 5.69 Å². The van der Waals surface area contributed by atoms with Gasteiger partial charge in [0.25, 0.3) is 0 Å². The topological polar surface area (TPSA) is 44.5 Å². The SMILES string of the molecule is COc1ccc(/C=[N+](\[O-])c2ccccc2)cc1OC. The summed E-state index contributed by atoms with van der Waals surface area (Å²) in [6.45, 7) is 0. The first-order valence-corrected chi connectivity index (χ1v) is 5.83. The Kier molecular flexibility index (Phi) is 4.03. The molecule has 0 heterocycles. The Morgan fingerprint density at radius 2 is 1.63 bits per heavy atom. The lowest BCUT2D eigenvalue weighted by Crippen LogP contribution is -1.99. The zero-order chi connectivity index (χ0) is 13.7. The number of hydrogen-bond donors (Lipinski definition) is 0. The van der Waals surface area contributed by atoms with Crippen LogP contribution in [0.3, 0.4) is 0 Å². The highest BCUT2D eigenvalue weighted by molar-refractivity contribution is 5.78. The van der Waals surface area contributed by atoms with Crippen molar-refractivity contribution in [2.45, 2.75) is 0 Å². The summed E-state index contributed by atoms with van der Waals surface area (Å²) in [7, 11) is 3.14. The summed E-state index contributed by atoms with van der Waals surface area (Å²) >= 11 is 0. The molecule has 0 aliphatic carbocycles. The highest BCUT2D eigenvalue weighted by Crippen LogP contribution is 2.27. The van der Waals surface area contributed by atoms with E-state index in [0.717, 1.165) is 10.3 Å². The van der Waals surface area contributed by atoms with Gasteiger partial charge in [-0.3, -0.25) is 0 Å². The van der Waals surface area contributed by atoms with E-state index in [9.17, 15) is 5.21 Å². The third-order valence-electron chi connectivity index (χ3n) is 2.68. The summed E-state index contributed by atoms with van der Waals surface area (Å²) in [6.07, 6.45) is 1.50. The molecule has 0 aliphatic heterocycles. The van der Waals surface area contributed by atoms with Crippen LogP contribution >= 0.6 is 0 Å². The first kappa shape index (κ1) is 13.0. The lowest BCUT2D eigenvalue weighted by molar-refractivity contribution is -0.354. The van der Waals surface area contributed by atoms with Crippen molar-refractivity contribution in [1.82, 2.24) is 0 Å². The van der Waals surface area contributed by atoms with Crippen LogP contribution in [0.4, 0.5) is 5.69 Å². The molecule has 0 N–H and O–H groups in total. The molecule has 19 heavy (non-hydrogen) atoms. The minimum absolute atomic E-state index is 0.581. The van der Waals surface area contributed by atoms with E-state index in [1.54, 1.807) is 44.6 Å². The van der Waals surface area contributed by atoms with E-state index in [0.29, 0.717) is 17.2 Å². The Morgan fingerprint density at radius 3 is 2.26 bits per heavy atom. The van der Waals surface area contributed by atoms with E-state index >= 15 is 0 Å². The molecule has 0 spiro atoms. The smallest absolute Gasteiger partial charge is 0.216 e. The summed E-state index contributed by atoms with van der Waals surface area (Å²) < 4.78 is 11.2. The van der Waals surface area contributed by atoms with E-state index in [1.807, 2.05) is 18.2 Å². The molecule has 98 valence electrons. The zero-order valence-electron chi connectivity index (χ0n) is 10.9. The minimum Gasteiger partial charge on any atom is -0.618 e. The Bertz CT molecular complexity index is 579. The highest BCUT2D eigenvalue weighted by Gasteiger charge is 2.06. The molecule has 0 fully saturated rings. The molecule has 0 saturated heterocycles. The lowest BCUT2D eigenvalue weighted by atomic mass is 10.2. The zero-order valence-corrected chi connectivity index (χ0v) is 10.9.